The highest BCUT2D eigenvalue weighted by atomic mass is 35.5. The van der Waals surface area contributed by atoms with Gasteiger partial charge in [-0.2, -0.15) is 0 Å². The molecular formula is C19H17ClN2O3S2. The minimum atomic E-state index is -3.60. The minimum absolute atomic E-state index is 0.227. The molecule has 140 valence electrons. The van der Waals surface area contributed by atoms with Gasteiger partial charge in [-0.05, 0) is 53.8 Å². The van der Waals surface area contributed by atoms with E-state index in [2.05, 4.69) is 10.0 Å². The van der Waals surface area contributed by atoms with E-state index in [1.165, 1.54) is 6.07 Å². The van der Waals surface area contributed by atoms with Crippen LogP contribution in [0.2, 0.25) is 5.02 Å². The molecule has 1 heterocycles. The lowest BCUT2D eigenvalue weighted by atomic mass is 10.1. The summed E-state index contributed by atoms with van der Waals surface area (Å²) in [7, 11) is -3.60. The van der Waals surface area contributed by atoms with Crippen LogP contribution in [0.3, 0.4) is 0 Å². The average Bonchev–Trinajstić information content (AvgIpc) is 3.19. The molecule has 0 aliphatic rings. The van der Waals surface area contributed by atoms with Gasteiger partial charge in [0.05, 0.1) is 0 Å². The van der Waals surface area contributed by atoms with Crippen LogP contribution in [0, 0.1) is 0 Å². The van der Waals surface area contributed by atoms with Gasteiger partial charge in [-0.1, -0.05) is 35.9 Å². The van der Waals surface area contributed by atoms with Gasteiger partial charge in [-0.3, -0.25) is 9.52 Å². The molecule has 5 nitrogen and oxygen atoms in total. The van der Waals surface area contributed by atoms with Crippen LogP contribution in [0.15, 0.2) is 70.3 Å². The van der Waals surface area contributed by atoms with Crippen molar-refractivity contribution in [3.05, 3.63) is 82.2 Å². The molecule has 0 aliphatic heterocycles. The number of nitrogens with one attached hydrogen (secondary N) is 2. The Hall–Kier alpha value is -2.35. The zero-order valence-corrected chi connectivity index (χ0v) is 16.6. The molecule has 27 heavy (non-hydrogen) atoms. The number of amides is 1. The summed E-state index contributed by atoms with van der Waals surface area (Å²) < 4.78 is 27.1. The van der Waals surface area contributed by atoms with E-state index in [0.29, 0.717) is 29.2 Å². The van der Waals surface area contributed by atoms with Crippen molar-refractivity contribution in [2.75, 3.05) is 11.3 Å². The van der Waals surface area contributed by atoms with Crippen LogP contribution in [0.5, 0.6) is 0 Å². The van der Waals surface area contributed by atoms with Crippen LogP contribution in [0.25, 0.3) is 0 Å². The zero-order chi connectivity index (χ0) is 19.3. The molecule has 1 amide bonds. The highest BCUT2D eigenvalue weighted by Gasteiger charge is 2.15. The first-order valence-corrected chi connectivity index (χ1v) is 10.9. The van der Waals surface area contributed by atoms with Crippen molar-refractivity contribution < 1.29 is 13.2 Å². The molecule has 0 atom stereocenters. The Morgan fingerprint density at radius 3 is 2.41 bits per heavy atom. The Balaban J connectivity index is 1.57. The fourth-order valence-electron chi connectivity index (χ4n) is 2.43. The van der Waals surface area contributed by atoms with Crippen LogP contribution in [0.1, 0.15) is 15.9 Å². The first kappa shape index (κ1) is 19.4. The molecular weight excluding hydrogens is 404 g/mol. The number of anilines is 1. The van der Waals surface area contributed by atoms with Crippen molar-refractivity contribution in [3.63, 3.8) is 0 Å². The summed E-state index contributed by atoms with van der Waals surface area (Å²) in [6.07, 6.45) is 0.629. The van der Waals surface area contributed by atoms with Gasteiger partial charge < -0.3 is 5.32 Å². The molecule has 0 bridgehead atoms. The predicted molar refractivity (Wildman–Crippen MR) is 109 cm³/mol. The van der Waals surface area contributed by atoms with Crippen LogP contribution >= 0.6 is 22.9 Å². The van der Waals surface area contributed by atoms with Crippen molar-refractivity contribution in [1.82, 2.24) is 5.32 Å². The van der Waals surface area contributed by atoms with Crippen molar-refractivity contribution in [2.45, 2.75) is 10.6 Å². The third kappa shape index (κ3) is 5.09. The van der Waals surface area contributed by atoms with Crippen molar-refractivity contribution in [1.29, 1.82) is 0 Å². The maximum atomic E-state index is 12.2. The van der Waals surface area contributed by atoms with Gasteiger partial charge in [0.15, 0.2) is 0 Å². The van der Waals surface area contributed by atoms with Crippen molar-refractivity contribution in [2.24, 2.45) is 0 Å². The van der Waals surface area contributed by atoms with Gasteiger partial charge in [0, 0.05) is 22.8 Å². The number of rotatable bonds is 7. The van der Waals surface area contributed by atoms with E-state index < -0.39 is 10.0 Å². The van der Waals surface area contributed by atoms with Crippen molar-refractivity contribution >= 4 is 44.6 Å². The summed E-state index contributed by atoms with van der Waals surface area (Å²) in [6.45, 7) is 0.454. The van der Waals surface area contributed by atoms with Gasteiger partial charge in [0.25, 0.3) is 15.9 Å². The molecule has 3 rings (SSSR count). The SMILES string of the molecule is O=C(NCCc1ccccc1Cl)c1ccc(NS(=O)(=O)c2cccs2)cc1. The van der Waals surface area contributed by atoms with Gasteiger partial charge >= 0.3 is 0 Å². The van der Waals surface area contributed by atoms with E-state index in [9.17, 15) is 13.2 Å². The van der Waals surface area contributed by atoms with Crippen LogP contribution in [-0.4, -0.2) is 20.9 Å². The first-order valence-electron chi connectivity index (χ1n) is 8.14. The topological polar surface area (TPSA) is 75.3 Å². The molecule has 0 aliphatic carbocycles. The molecule has 0 spiro atoms. The molecule has 3 aromatic rings. The minimum Gasteiger partial charge on any atom is -0.352 e. The van der Waals surface area contributed by atoms with Gasteiger partial charge in [0.1, 0.15) is 4.21 Å². The quantitative estimate of drug-likeness (QED) is 0.602. The number of hydrogen-bond donors (Lipinski definition) is 2. The summed E-state index contributed by atoms with van der Waals surface area (Å²) in [5, 5.41) is 5.20. The third-order valence-corrected chi connectivity index (χ3v) is 6.94. The number of carbonyl (C=O) groups is 1. The summed E-state index contributed by atoms with van der Waals surface area (Å²) in [4.78, 5) is 12.2. The Kier molecular flexibility index (Phi) is 6.15. The largest absolute Gasteiger partial charge is 0.352 e. The number of thiophene rings is 1. The molecule has 0 saturated carbocycles. The second-order valence-electron chi connectivity index (χ2n) is 5.71. The number of hydrogen-bond acceptors (Lipinski definition) is 4. The Morgan fingerprint density at radius 1 is 1.00 bits per heavy atom. The molecule has 2 aromatic carbocycles. The second-order valence-corrected chi connectivity index (χ2v) is 8.98. The Labute approximate surface area is 167 Å². The molecule has 0 unspecified atom stereocenters. The summed E-state index contributed by atoms with van der Waals surface area (Å²) in [5.74, 6) is -0.227. The first-order chi connectivity index (χ1) is 13.0. The Bertz CT molecular complexity index is 1020. The van der Waals surface area contributed by atoms with Crippen LogP contribution < -0.4 is 10.0 Å². The average molecular weight is 421 g/mol. The lowest BCUT2D eigenvalue weighted by Gasteiger charge is -2.09. The highest BCUT2D eigenvalue weighted by molar-refractivity contribution is 7.94. The molecule has 0 radical (unpaired) electrons. The third-order valence-electron chi connectivity index (χ3n) is 3.80. The van der Waals surface area contributed by atoms with Crippen LogP contribution in [-0.2, 0) is 16.4 Å². The lowest BCUT2D eigenvalue weighted by molar-refractivity contribution is 0.0954. The number of sulfonamides is 1. The van der Waals surface area contributed by atoms with Gasteiger partial charge in [-0.15, -0.1) is 11.3 Å². The predicted octanol–water partition coefficient (Wildman–Crippen LogP) is 4.17. The van der Waals surface area contributed by atoms with Gasteiger partial charge in [0.2, 0.25) is 0 Å². The van der Waals surface area contributed by atoms with Crippen LogP contribution in [0.4, 0.5) is 5.69 Å². The second kappa shape index (κ2) is 8.56. The van der Waals surface area contributed by atoms with E-state index in [0.717, 1.165) is 16.9 Å². The highest BCUT2D eigenvalue weighted by Crippen LogP contribution is 2.20. The maximum Gasteiger partial charge on any atom is 0.271 e. The molecule has 2 N–H and O–H groups in total. The summed E-state index contributed by atoms with van der Waals surface area (Å²) >= 11 is 7.24. The fourth-order valence-corrected chi connectivity index (χ4v) is 4.71. The molecule has 0 saturated heterocycles. The number of halogens is 1. The summed E-state index contributed by atoms with van der Waals surface area (Å²) in [6, 6.07) is 17.0. The van der Waals surface area contributed by atoms with E-state index in [4.69, 9.17) is 11.6 Å². The molecule has 0 fully saturated rings. The summed E-state index contributed by atoms with van der Waals surface area (Å²) in [5.41, 5.74) is 1.82. The normalized spacial score (nSPS) is 11.1. The molecule has 1 aromatic heterocycles. The zero-order valence-electron chi connectivity index (χ0n) is 14.2. The molecule has 8 heteroatoms. The maximum absolute atomic E-state index is 12.2. The lowest BCUT2D eigenvalue weighted by Crippen LogP contribution is -2.25. The smallest absolute Gasteiger partial charge is 0.271 e. The Morgan fingerprint density at radius 2 is 1.74 bits per heavy atom. The van der Waals surface area contributed by atoms with Gasteiger partial charge in [-0.25, -0.2) is 8.42 Å². The fraction of sp³-hybridized carbons (Fsp3) is 0.105. The van der Waals surface area contributed by atoms with E-state index in [-0.39, 0.29) is 10.1 Å². The van der Waals surface area contributed by atoms with E-state index >= 15 is 0 Å². The standard InChI is InChI=1S/C19H17ClN2O3S2/c20-17-5-2-1-4-14(17)11-12-21-19(23)15-7-9-16(10-8-15)22-27(24,25)18-6-3-13-26-18/h1-10,13,22H,11-12H2,(H,21,23). The van der Waals surface area contributed by atoms with Crippen molar-refractivity contribution in [3.8, 4) is 0 Å². The van der Waals surface area contributed by atoms with E-state index in [1.807, 2.05) is 24.3 Å². The van der Waals surface area contributed by atoms with E-state index in [1.54, 1.807) is 35.7 Å². The number of carbonyl (C=O) groups excluding carboxylic acids is 1. The number of benzene rings is 2. The monoisotopic (exact) mass is 420 g/mol.